The Hall–Kier alpha value is -2.16. The molecule has 0 amide bonds. The first-order valence-electron chi connectivity index (χ1n) is 4.59. The summed E-state index contributed by atoms with van der Waals surface area (Å²) in [5.74, 6) is -0.162. The Balaban J connectivity index is 0.00000128. The summed E-state index contributed by atoms with van der Waals surface area (Å²) in [7, 11) is 0. The van der Waals surface area contributed by atoms with Crippen molar-refractivity contribution in [2.24, 2.45) is 0 Å². The van der Waals surface area contributed by atoms with Gasteiger partial charge in [-0.25, -0.2) is 4.68 Å². The van der Waals surface area contributed by atoms with Crippen molar-refractivity contribution < 1.29 is 6.22 Å². The smallest absolute Gasteiger partial charge is 0.205 e. The van der Waals surface area contributed by atoms with Crippen molar-refractivity contribution in [3.05, 3.63) is 60.9 Å². The molecule has 0 N–H and O–H groups in total. The lowest BCUT2D eigenvalue weighted by Crippen LogP contribution is -1.99. The topological polar surface area (TPSA) is 34.9 Å². The van der Waals surface area contributed by atoms with Gasteiger partial charge in [0.2, 0.25) is 5.78 Å². The lowest BCUT2D eigenvalue weighted by atomic mass is 10.3. The van der Waals surface area contributed by atoms with Crippen molar-refractivity contribution in [3.8, 4) is 5.69 Å². The predicted octanol–water partition coefficient (Wildman–Crippen LogP) is 2.49. The van der Waals surface area contributed by atoms with Crippen LogP contribution in [0.5, 0.6) is 0 Å². The molecule has 1 aromatic carbocycles. The van der Waals surface area contributed by atoms with E-state index in [2.05, 4.69) is 11.7 Å². The third-order valence-corrected chi connectivity index (χ3v) is 2.05. The molecule has 0 aliphatic carbocycles. The Labute approximate surface area is 89.1 Å². The zero-order valence-electron chi connectivity index (χ0n) is 8.13. The van der Waals surface area contributed by atoms with Crippen molar-refractivity contribution in [1.29, 1.82) is 0 Å². The Kier molecular flexibility index (Phi) is 2.46. The standard InChI is InChI=1S/C12H10N2O.H2/c1-2-12(15)11-8-9-14(13-11)10-6-4-3-5-7-10;/h2-9H,1H2;1H. The van der Waals surface area contributed by atoms with Crippen molar-refractivity contribution >= 4 is 5.78 Å². The van der Waals surface area contributed by atoms with Crippen molar-refractivity contribution in [2.75, 3.05) is 0 Å². The molecule has 0 bridgehead atoms. The first-order chi connectivity index (χ1) is 7.31. The molecule has 0 aliphatic heterocycles. The van der Waals surface area contributed by atoms with E-state index in [1.165, 1.54) is 6.08 Å². The normalized spacial score (nSPS) is 9.87. The number of aromatic nitrogens is 2. The van der Waals surface area contributed by atoms with Gasteiger partial charge >= 0.3 is 0 Å². The van der Waals surface area contributed by atoms with Gasteiger partial charge in [0.25, 0.3) is 0 Å². The lowest BCUT2D eigenvalue weighted by molar-refractivity contribution is 0.104. The van der Waals surface area contributed by atoms with Gasteiger partial charge in [-0.15, -0.1) is 0 Å². The summed E-state index contributed by atoms with van der Waals surface area (Å²) in [5, 5.41) is 4.15. The number of carbonyl (C=O) groups is 1. The van der Waals surface area contributed by atoms with Crippen LogP contribution in [0.1, 0.15) is 11.9 Å². The number of allylic oxidation sites excluding steroid dienone is 1. The van der Waals surface area contributed by atoms with Gasteiger partial charge in [0.05, 0.1) is 5.69 Å². The second-order valence-corrected chi connectivity index (χ2v) is 3.05. The highest BCUT2D eigenvalue weighted by Crippen LogP contribution is 2.07. The molecule has 2 aromatic rings. The van der Waals surface area contributed by atoms with Crippen molar-refractivity contribution in [3.63, 3.8) is 0 Å². The van der Waals surface area contributed by atoms with E-state index in [1.807, 2.05) is 30.3 Å². The van der Waals surface area contributed by atoms with E-state index in [0.717, 1.165) is 5.69 Å². The fourth-order valence-electron chi connectivity index (χ4n) is 1.28. The molecular weight excluding hydrogens is 188 g/mol. The maximum Gasteiger partial charge on any atom is 0.205 e. The Morgan fingerprint density at radius 1 is 1.33 bits per heavy atom. The molecule has 0 saturated carbocycles. The molecule has 1 heterocycles. The molecular formula is C12H12N2O. The number of benzene rings is 1. The number of hydrogen-bond donors (Lipinski definition) is 0. The highest BCUT2D eigenvalue weighted by Gasteiger charge is 2.05. The molecule has 2 rings (SSSR count). The molecule has 0 fully saturated rings. The van der Waals surface area contributed by atoms with Crippen LogP contribution >= 0.6 is 0 Å². The first-order valence-corrected chi connectivity index (χ1v) is 4.59. The van der Waals surface area contributed by atoms with Crippen LogP contribution in [0.4, 0.5) is 0 Å². The van der Waals surface area contributed by atoms with Gasteiger partial charge in [-0.05, 0) is 24.3 Å². The number of nitrogens with zero attached hydrogens (tertiary/aromatic N) is 2. The second kappa shape index (κ2) is 3.92. The maximum atomic E-state index is 11.3. The lowest BCUT2D eigenvalue weighted by Gasteiger charge is -1.98. The largest absolute Gasteiger partial charge is 0.287 e. The van der Waals surface area contributed by atoms with E-state index in [0.29, 0.717) is 5.69 Å². The van der Waals surface area contributed by atoms with Crippen LogP contribution in [-0.2, 0) is 0 Å². The van der Waals surface area contributed by atoms with E-state index in [9.17, 15) is 4.79 Å². The van der Waals surface area contributed by atoms with Crippen LogP contribution in [0, 0.1) is 0 Å². The molecule has 0 spiro atoms. The van der Waals surface area contributed by atoms with Crippen molar-refractivity contribution in [2.45, 2.75) is 0 Å². The Morgan fingerprint density at radius 2 is 2.07 bits per heavy atom. The summed E-state index contributed by atoms with van der Waals surface area (Å²) in [4.78, 5) is 11.3. The van der Waals surface area contributed by atoms with E-state index >= 15 is 0 Å². The molecule has 76 valence electrons. The highest BCUT2D eigenvalue weighted by molar-refractivity contribution is 6.02. The molecule has 0 radical (unpaired) electrons. The molecule has 0 saturated heterocycles. The third kappa shape index (κ3) is 1.86. The average Bonchev–Trinajstić information content (AvgIpc) is 2.78. The minimum absolute atomic E-state index is 0. The van der Waals surface area contributed by atoms with Gasteiger partial charge in [0.1, 0.15) is 5.69 Å². The molecule has 15 heavy (non-hydrogen) atoms. The second-order valence-electron chi connectivity index (χ2n) is 3.05. The monoisotopic (exact) mass is 200 g/mol. The van der Waals surface area contributed by atoms with E-state index in [-0.39, 0.29) is 7.21 Å². The summed E-state index contributed by atoms with van der Waals surface area (Å²) in [6.45, 7) is 3.42. The van der Waals surface area contributed by atoms with Gasteiger partial charge in [0, 0.05) is 7.62 Å². The number of para-hydroxylation sites is 1. The molecule has 0 aliphatic rings. The van der Waals surface area contributed by atoms with Crippen LogP contribution in [0.2, 0.25) is 0 Å². The summed E-state index contributed by atoms with van der Waals surface area (Å²) >= 11 is 0. The first kappa shape index (κ1) is 9.40. The zero-order chi connectivity index (χ0) is 10.7. The summed E-state index contributed by atoms with van der Waals surface area (Å²) in [6, 6.07) is 11.3. The number of ketones is 1. The maximum absolute atomic E-state index is 11.3. The number of carbonyl (C=O) groups excluding carboxylic acids is 1. The highest BCUT2D eigenvalue weighted by atomic mass is 16.1. The average molecular weight is 200 g/mol. The quantitative estimate of drug-likeness (QED) is 0.563. The molecule has 0 atom stereocenters. The minimum Gasteiger partial charge on any atom is -0.287 e. The van der Waals surface area contributed by atoms with Crippen LogP contribution in [0.25, 0.3) is 5.69 Å². The fraction of sp³-hybridized carbons (Fsp3) is 0. The van der Waals surface area contributed by atoms with Gasteiger partial charge < -0.3 is 0 Å². The molecule has 0 unspecified atom stereocenters. The fourth-order valence-corrected chi connectivity index (χ4v) is 1.28. The summed E-state index contributed by atoms with van der Waals surface area (Å²) < 4.78 is 1.66. The van der Waals surface area contributed by atoms with Crippen LogP contribution < -0.4 is 0 Å². The molecule has 3 heteroatoms. The van der Waals surface area contributed by atoms with E-state index in [4.69, 9.17) is 0 Å². The van der Waals surface area contributed by atoms with Crippen molar-refractivity contribution in [1.82, 2.24) is 9.78 Å². The minimum atomic E-state index is -0.162. The SMILES string of the molecule is C=CC(=O)c1ccn(-c2ccccc2)n1.[HH]. The third-order valence-electron chi connectivity index (χ3n) is 2.05. The van der Waals surface area contributed by atoms with Crippen LogP contribution in [0.15, 0.2) is 55.3 Å². The Bertz CT molecular complexity index is 491. The Morgan fingerprint density at radius 3 is 2.73 bits per heavy atom. The zero-order valence-corrected chi connectivity index (χ0v) is 8.13. The van der Waals surface area contributed by atoms with E-state index in [1.54, 1.807) is 16.9 Å². The number of hydrogen-bond acceptors (Lipinski definition) is 2. The molecule has 3 nitrogen and oxygen atoms in total. The van der Waals surface area contributed by atoms with Crippen LogP contribution in [-0.4, -0.2) is 15.6 Å². The van der Waals surface area contributed by atoms with E-state index < -0.39 is 0 Å². The number of rotatable bonds is 3. The van der Waals surface area contributed by atoms with Gasteiger partial charge in [-0.3, -0.25) is 4.79 Å². The van der Waals surface area contributed by atoms with Gasteiger partial charge in [0.15, 0.2) is 0 Å². The summed E-state index contributed by atoms with van der Waals surface area (Å²) in [6.07, 6.45) is 3.02. The van der Waals surface area contributed by atoms with Gasteiger partial charge in [-0.2, -0.15) is 5.10 Å². The van der Waals surface area contributed by atoms with Gasteiger partial charge in [-0.1, -0.05) is 24.8 Å². The summed E-state index contributed by atoms with van der Waals surface area (Å²) in [5.41, 5.74) is 1.34. The van der Waals surface area contributed by atoms with Crippen LogP contribution in [0.3, 0.4) is 0 Å². The molecule has 1 aromatic heterocycles. The predicted molar refractivity (Wildman–Crippen MR) is 60.2 cm³/mol.